The van der Waals surface area contributed by atoms with Gasteiger partial charge < -0.3 is 5.32 Å². The molecule has 0 amide bonds. The van der Waals surface area contributed by atoms with Gasteiger partial charge in [-0.1, -0.05) is 13.0 Å². The Morgan fingerprint density at radius 3 is 2.67 bits per heavy atom. The van der Waals surface area contributed by atoms with E-state index in [0.29, 0.717) is 16.8 Å². The molecule has 1 aliphatic heterocycles. The molecule has 0 radical (unpaired) electrons. The first-order chi connectivity index (χ1) is 10.9. The summed E-state index contributed by atoms with van der Waals surface area (Å²) >= 11 is 0. The van der Waals surface area contributed by atoms with Crippen LogP contribution in [0.1, 0.15) is 25.3 Å². The first kappa shape index (κ1) is 19.1. The standard InChI is InChI=1S/C17H23N3O2S.ClH/c1-13-5-6-15(14-4-3-9-19-16(13)14)23(21,22)20-12-17(2)7-10-18-11-8-17;/h3-6,9,18,20H,7-8,10-12H2,1-2H3;1H. The third kappa shape index (κ3) is 3.88. The van der Waals surface area contributed by atoms with E-state index in [4.69, 9.17) is 0 Å². The lowest BCUT2D eigenvalue weighted by Gasteiger charge is -2.34. The number of benzene rings is 1. The van der Waals surface area contributed by atoms with E-state index in [2.05, 4.69) is 21.9 Å². The van der Waals surface area contributed by atoms with Gasteiger partial charge in [-0.05, 0) is 62.0 Å². The van der Waals surface area contributed by atoms with E-state index in [1.54, 1.807) is 18.3 Å². The minimum absolute atomic E-state index is 0. The van der Waals surface area contributed by atoms with Crippen molar-refractivity contribution >= 4 is 33.3 Å². The van der Waals surface area contributed by atoms with Gasteiger partial charge in [0.25, 0.3) is 0 Å². The normalized spacial score (nSPS) is 17.4. The number of pyridine rings is 1. The second-order valence-electron chi connectivity index (χ2n) is 6.67. The molecule has 7 heteroatoms. The van der Waals surface area contributed by atoms with Crippen LogP contribution in [0.15, 0.2) is 35.4 Å². The van der Waals surface area contributed by atoms with E-state index < -0.39 is 10.0 Å². The summed E-state index contributed by atoms with van der Waals surface area (Å²) in [6.45, 7) is 6.43. The molecule has 24 heavy (non-hydrogen) atoms. The van der Waals surface area contributed by atoms with E-state index >= 15 is 0 Å². The highest BCUT2D eigenvalue weighted by atomic mass is 35.5. The number of hydrogen-bond donors (Lipinski definition) is 2. The van der Waals surface area contributed by atoms with Crippen LogP contribution in [0.5, 0.6) is 0 Å². The van der Waals surface area contributed by atoms with Gasteiger partial charge in [0.15, 0.2) is 0 Å². The fraction of sp³-hybridized carbons (Fsp3) is 0.471. The fourth-order valence-electron chi connectivity index (χ4n) is 3.08. The van der Waals surface area contributed by atoms with Crippen LogP contribution >= 0.6 is 12.4 Å². The smallest absolute Gasteiger partial charge is 0.241 e. The summed E-state index contributed by atoms with van der Waals surface area (Å²) in [5, 5.41) is 3.99. The molecule has 0 atom stereocenters. The zero-order valence-electron chi connectivity index (χ0n) is 14.0. The lowest BCUT2D eigenvalue weighted by molar-refractivity contribution is 0.232. The van der Waals surface area contributed by atoms with Crippen molar-refractivity contribution in [2.75, 3.05) is 19.6 Å². The molecule has 0 aliphatic carbocycles. The molecule has 1 aromatic carbocycles. The lowest BCUT2D eigenvalue weighted by atomic mass is 9.81. The van der Waals surface area contributed by atoms with Crippen molar-refractivity contribution in [3.8, 4) is 0 Å². The monoisotopic (exact) mass is 369 g/mol. The number of aromatic nitrogens is 1. The molecule has 0 saturated carbocycles. The molecule has 0 unspecified atom stereocenters. The van der Waals surface area contributed by atoms with Gasteiger partial charge in [-0.3, -0.25) is 4.98 Å². The van der Waals surface area contributed by atoms with Crippen LogP contribution in [0.4, 0.5) is 0 Å². The molecular formula is C17H24ClN3O2S. The molecule has 1 fully saturated rings. The minimum Gasteiger partial charge on any atom is -0.317 e. The fourth-order valence-corrected chi connectivity index (χ4v) is 4.47. The molecular weight excluding hydrogens is 346 g/mol. The second kappa shape index (κ2) is 7.35. The van der Waals surface area contributed by atoms with E-state index in [9.17, 15) is 8.42 Å². The predicted molar refractivity (Wildman–Crippen MR) is 99.1 cm³/mol. The minimum atomic E-state index is -3.55. The van der Waals surface area contributed by atoms with E-state index in [-0.39, 0.29) is 17.8 Å². The van der Waals surface area contributed by atoms with Crippen molar-refractivity contribution in [2.24, 2.45) is 5.41 Å². The third-order valence-electron chi connectivity index (χ3n) is 4.72. The number of rotatable bonds is 4. The van der Waals surface area contributed by atoms with Gasteiger partial charge in [-0.2, -0.15) is 0 Å². The van der Waals surface area contributed by atoms with Crippen LogP contribution in [0, 0.1) is 12.3 Å². The van der Waals surface area contributed by atoms with Gasteiger partial charge in [-0.15, -0.1) is 12.4 Å². The Morgan fingerprint density at radius 1 is 1.25 bits per heavy atom. The zero-order valence-corrected chi connectivity index (χ0v) is 15.6. The number of nitrogens with zero attached hydrogens (tertiary/aromatic N) is 1. The summed E-state index contributed by atoms with van der Waals surface area (Å²) in [7, 11) is -3.55. The Balaban J connectivity index is 0.00000208. The van der Waals surface area contributed by atoms with Crippen LogP contribution in [-0.2, 0) is 10.0 Å². The first-order valence-electron chi connectivity index (χ1n) is 7.96. The number of hydrogen-bond acceptors (Lipinski definition) is 4. The number of fused-ring (bicyclic) bond motifs is 1. The van der Waals surface area contributed by atoms with Crippen LogP contribution in [0.3, 0.4) is 0 Å². The zero-order chi connectivity index (χ0) is 16.5. The summed E-state index contributed by atoms with van der Waals surface area (Å²) < 4.78 is 28.4. The van der Waals surface area contributed by atoms with Crippen LogP contribution in [-0.4, -0.2) is 33.0 Å². The van der Waals surface area contributed by atoms with Gasteiger partial charge in [0.1, 0.15) is 0 Å². The third-order valence-corrected chi connectivity index (χ3v) is 6.18. The number of piperidine rings is 1. The lowest BCUT2D eigenvalue weighted by Crippen LogP contribution is -2.42. The summed E-state index contributed by atoms with van der Waals surface area (Å²) in [6.07, 6.45) is 3.65. The van der Waals surface area contributed by atoms with Crippen molar-refractivity contribution in [3.05, 3.63) is 36.0 Å². The Bertz CT molecular complexity index is 818. The Morgan fingerprint density at radius 2 is 1.96 bits per heavy atom. The first-order valence-corrected chi connectivity index (χ1v) is 9.44. The average Bonchev–Trinajstić information content (AvgIpc) is 2.54. The number of halogens is 1. The Labute approximate surface area is 149 Å². The van der Waals surface area contributed by atoms with Crippen LogP contribution in [0.25, 0.3) is 10.9 Å². The van der Waals surface area contributed by atoms with Crippen molar-refractivity contribution in [2.45, 2.75) is 31.6 Å². The highest BCUT2D eigenvalue weighted by Crippen LogP contribution is 2.28. The topological polar surface area (TPSA) is 71.1 Å². The number of nitrogens with one attached hydrogen (secondary N) is 2. The molecule has 2 N–H and O–H groups in total. The van der Waals surface area contributed by atoms with Gasteiger partial charge in [-0.25, -0.2) is 13.1 Å². The summed E-state index contributed by atoms with van der Waals surface area (Å²) in [5.74, 6) is 0. The molecule has 2 aromatic rings. The molecule has 1 aliphatic rings. The largest absolute Gasteiger partial charge is 0.317 e. The second-order valence-corrected chi connectivity index (χ2v) is 8.40. The average molecular weight is 370 g/mol. The SMILES string of the molecule is Cc1ccc(S(=O)(=O)NCC2(C)CCNCC2)c2cccnc12.Cl. The molecule has 3 rings (SSSR count). The van der Waals surface area contributed by atoms with E-state index in [1.165, 1.54) is 0 Å². The molecule has 0 spiro atoms. The summed E-state index contributed by atoms with van der Waals surface area (Å²) in [6, 6.07) is 7.08. The van der Waals surface area contributed by atoms with Crippen LogP contribution < -0.4 is 10.0 Å². The van der Waals surface area contributed by atoms with Crippen LogP contribution in [0.2, 0.25) is 0 Å². The highest BCUT2D eigenvalue weighted by molar-refractivity contribution is 7.89. The van der Waals surface area contributed by atoms with E-state index in [1.807, 2.05) is 19.1 Å². The predicted octanol–water partition coefficient (Wildman–Crippen LogP) is 2.63. The van der Waals surface area contributed by atoms with Crippen molar-refractivity contribution < 1.29 is 8.42 Å². The van der Waals surface area contributed by atoms with Gasteiger partial charge >= 0.3 is 0 Å². The maximum Gasteiger partial charge on any atom is 0.241 e. The Hall–Kier alpha value is -1.21. The molecule has 0 bridgehead atoms. The molecule has 132 valence electrons. The van der Waals surface area contributed by atoms with Crippen molar-refractivity contribution in [3.63, 3.8) is 0 Å². The van der Waals surface area contributed by atoms with Crippen molar-refractivity contribution in [1.29, 1.82) is 0 Å². The molecule has 1 saturated heterocycles. The number of sulfonamides is 1. The molecule has 2 heterocycles. The van der Waals surface area contributed by atoms with Gasteiger partial charge in [0.2, 0.25) is 10.0 Å². The quantitative estimate of drug-likeness (QED) is 0.869. The van der Waals surface area contributed by atoms with E-state index in [0.717, 1.165) is 37.0 Å². The van der Waals surface area contributed by atoms with Crippen molar-refractivity contribution in [1.82, 2.24) is 15.0 Å². The number of aryl methyl sites for hydroxylation is 1. The van der Waals surface area contributed by atoms with Gasteiger partial charge in [0.05, 0.1) is 10.4 Å². The molecule has 1 aromatic heterocycles. The highest BCUT2D eigenvalue weighted by Gasteiger charge is 2.29. The summed E-state index contributed by atoms with van der Waals surface area (Å²) in [4.78, 5) is 4.63. The Kier molecular flexibility index (Phi) is 5.86. The maximum atomic E-state index is 12.8. The maximum absolute atomic E-state index is 12.8. The molecule has 5 nitrogen and oxygen atoms in total. The summed E-state index contributed by atoms with van der Waals surface area (Å²) in [5.41, 5.74) is 1.73. The van der Waals surface area contributed by atoms with Gasteiger partial charge in [0, 0.05) is 18.1 Å².